The number of aromatic nitrogens is 4. The Morgan fingerprint density at radius 3 is 3.36 bits per heavy atom. The second kappa shape index (κ2) is 3.06. The molecule has 1 aliphatic rings. The van der Waals surface area contributed by atoms with Gasteiger partial charge in [-0.3, -0.25) is 0 Å². The minimum absolute atomic E-state index is 0.258. The molecule has 2 aromatic rings. The van der Waals surface area contributed by atoms with Gasteiger partial charge < -0.3 is 5.32 Å². The van der Waals surface area contributed by atoms with Crippen molar-refractivity contribution in [3.63, 3.8) is 0 Å². The molecule has 1 atom stereocenters. The lowest BCUT2D eigenvalue weighted by Crippen LogP contribution is -2.24. The van der Waals surface area contributed by atoms with E-state index in [1.54, 1.807) is 17.7 Å². The van der Waals surface area contributed by atoms with E-state index >= 15 is 0 Å². The van der Waals surface area contributed by atoms with Crippen molar-refractivity contribution in [2.24, 2.45) is 0 Å². The van der Waals surface area contributed by atoms with Crippen molar-refractivity contribution in [2.75, 3.05) is 11.9 Å². The molecule has 0 radical (unpaired) electrons. The van der Waals surface area contributed by atoms with Crippen LogP contribution in [0.5, 0.6) is 0 Å². The molecule has 14 heavy (non-hydrogen) atoms. The predicted molar refractivity (Wildman–Crippen MR) is 53.4 cm³/mol. The van der Waals surface area contributed by atoms with E-state index in [0.29, 0.717) is 0 Å². The minimum Gasteiger partial charge on any atom is -0.354 e. The van der Waals surface area contributed by atoms with Gasteiger partial charge in [0.25, 0.3) is 0 Å². The van der Waals surface area contributed by atoms with Crippen molar-refractivity contribution < 1.29 is 0 Å². The van der Waals surface area contributed by atoms with Gasteiger partial charge in [0, 0.05) is 18.1 Å². The van der Waals surface area contributed by atoms with Gasteiger partial charge >= 0.3 is 0 Å². The Labute approximate surface area is 84.8 Å². The molecule has 2 aromatic heterocycles. The first kappa shape index (κ1) is 7.93. The molecule has 1 N–H and O–H groups in total. The van der Waals surface area contributed by atoms with Gasteiger partial charge in [-0.05, 0) is 6.42 Å². The van der Waals surface area contributed by atoms with E-state index in [4.69, 9.17) is 0 Å². The van der Waals surface area contributed by atoms with Crippen molar-refractivity contribution in [2.45, 2.75) is 12.5 Å². The molecule has 3 rings (SSSR count). The number of fused-ring (bicyclic) bond motifs is 1. The molecule has 0 bridgehead atoms. The van der Waals surface area contributed by atoms with E-state index < -0.39 is 0 Å². The first-order valence-electron chi connectivity index (χ1n) is 4.48. The van der Waals surface area contributed by atoms with Crippen LogP contribution >= 0.6 is 11.3 Å². The van der Waals surface area contributed by atoms with Crippen LogP contribution in [0.25, 0.3) is 0 Å². The Balaban J connectivity index is 2.04. The molecule has 0 amide bonds. The molecule has 0 fully saturated rings. The standard InChI is InChI=1S/C8H9N5S/c1-2-10-8-11-5-12-13(8)6(1)7-9-3-4-14-7/h3-6H,1-2H2,(H,10,11,12). The minimum atomic E-state index is 0.258. The highest BCUT2D eigenvalue weighted by molar-refractivity contribution is 7.09. The lowest BCUT2D eigenvalue weighted by Gasteiger charge is -2.22. The third-order valence-corrected chi connectivity index (χ3v) is 3.18. The van der Waals surface area contributed by atoms with Gasteiger partial charge in [-0.25, -0.2) is 9.67 Å². The molecule has 72 valence electrons. The van der Waals surface area contributed by atoms with E-state index in [1.165, 1.54) is 0 Å². The van der Waals surface area contributed by atoms with Crippen LogP contribution in [-0.4, -0.2) is 26.3 Å². The summed E-state index contributed by atoms with van der Waals surface area (Å²) in [4.78, 5) is 8.45. The molecule has 0 saturated carbocycles. The summed E-state index contributed by atoms with van der Waals surface area (Å²) in [6.45, 7) is 0.933. The maximum absolute atomic E-state index is 4.32. The monoisotopic (exact) mass is 207 g/mol. The highest BCUT2D eigenvalue weighted by atomic mass is 32.1. The Morgan fingerprint density at radius 2 is 2.50 bits per heavy atom. The van der Waals surface area contributed by atoms with Crippen LogP contribution in [0.4, 0.5) is 5.95 Å². The fourth-order valence-electron chi connectivity index (χ4n) is 1.67. The van der Waals surface area contributed by atoms with Crippen molar-refractivity contribution in [3.05, 3.63) is 22.9 Å². The highest BCUT2D eigenvalue weighted by Crippen LogP contribution is 2.28. The number of rotatable bonds is 1. The van der Waals surface area contributed by atoms with Crippen LogP contribution in [0.15, 0.2) is 17.9 Å². The second-order valence-electron chi connectivity index (χ2n) is 3.13. The Kier molecular flexibility index (Phi) is 1.73. The molecular formula is C8H9N5S. The van der Waals surface area contributed by atoms with Crippen molar-refractivity contribution in [1.29, 1.82) is 0 Å². The van der Waals surface area contributed by atoms with E-state index in [2.05, 4.69) is 20.4 Å². The number of thiazole rings is 1. The molecular weight excluding hydrogens is 198 g/mol. The Bertz CT molecular complexity index is 421. The van der Waals surface area contributed by atoms with Gasteiger partial charge in [-0.2, -0.15) is 10.1 Å². The first-order chi connectivity index (χ1) is 6.95. The first-order valence-corrected chi connectivity index (χ1v) is 5.36. The van der Waals surface area contributed by atoms with Crippen molar-refractivity contribution >= 4 is 17.3 Å². The normalized spacial score (nSPS) is 20.1. The van der Waals surface area contributed by atoms with Gasteiger partial charge in [0.2, 0.25) is 5.95 Å². The summed E-state index contributed by atoms with van der Waals surface area (Å²) in [5.74, 6) is 0.844. The topological polar surface area (TPSA) is 55.6 Å². The molecule has 3 heterocycles. The van der Waals surface area contributed by atoms with Gasteiger partial charge in [-0.1, -0.05) is 0 Å². The van der Waals surface area contributed by atoms with E-state index in [1.807, 2.05) is 16.3 Å². The fraction of sp³-hybridized carbons (Fsp3) is 0.375. The summed E-state index contributed by atoms with van der Waals surface area (Å²) < 4.78 is 1.91. The number of anilines is 1. The zero-order valence-corrected chi connectivity index (χ0v) is 8.24. The average molecular weight is 207 g/mol. The van der Waals surface area contributed by atoms with Crippen LogP contribution in [0.1, 0.15) is 17.5 Å². The van der Waals surface area contributed by atoms with E-state index in [9.17, 15) is 0 Å². The molecule has 0 saturated heterocycles. The van der Waals surface area contributed by atoms with E-state index in [-0.39, 0.29) is 6.04 Å². The number of hydrogen-bond acceptors (Lipinski definition) is 5. The summed E-state index contributed by atoms with van der Waals surface area (Å²) in [5.41, 5.74) is 0. The fourth-order valence-corrected chi connectivity index (χ4v) is 2.43. The van der Waals surface area contributed by atoms with E-state index in [0.717, 1.165) is 23.9 Å². The number of nitrogens with one attached hydrogen (secondary N) is 1. The van der Waals surface area contributed by atoms with Crippen LogP contribution in [0, 0.1) is 0 Å². The third-order valence-electron chi connectivity index (χ3n) is 2.31. The number of hydrogen-bond donors (Lipinski definition) is 1. The molecule has 0 aliphatic carbocycles. The van der Waals surface area contributed by atoms with Gasteiger partial charge in [0.15, 0.2) is 0 Å². The summed E-state index contributed by atoms with van der Waals surface area (Å²) in [5, 5.41) is 10.5. The van der Waals surface area contributed by atoms with Crippen LogP contribution < -0.4 is 5.32 Å². The maximum Gasteiger partial charge on any atom is 0.221 e. The lowest BCUT2D eigenvalue weighted by atomic mass is 10.2. The van der Waals surface area contributed by atoms with Gasteiger partial charge in [-0.15, -0.1) is 11.3 Å². The van der Waals surface area contributed by atoms with Gasteiger partial charge in [0.05, 0.1) is 0 Å². The SMILES string of the molecule is c1csc(C2CCNc3ncnn32)n1. The van der Waals surface area contributed by atoms with Crippen molar-refractivity contribution in [3.8, 4) is 0 Å². The summed E-state index contributed by atoms with van der Waals surface area (Å²) in [7, 11) is 0. The zero-order valence-electron chi connectivity index (χ0n) is 7.42. The summed E-state index contributed by atoms with van der Waals surface area (Å²) in [6.07, 6.45) is 4.43. The van der Waals surface area contributed by atoms with Crippen LogP contribution in [0.2, 0.25) is 0 Å². The Morgan fingerprint density at radius 1 is 1.50 bits per heavy atom. The average Bonchev–Trinajstić information content (AvgIpc) is 2.88. The smallest absolute Gasteiger partial charge is 0.221 e. The predicted octanol–water partition coefficient (Wildman–Crippen LogP) is 1.14. The van der Waals surface area contributed by atoms with Crippen LogP contribution in [0.3, 0.4) is 0 Å². The quantitative estimate of drug-likeness (QED) is 0.762. The molecule has 1 aliphatic heterocycles. The largest absolute Gasteiger partial charge is 0.354 e. The number of nitrogens with zero attached hydrogens (tertiary/aromatic N) is 4. The summed E-state index contributed by atoms with van der Waals surface area (Å²) in [6, 6.07) is 0.258. The Hall–Kier alpha value is -1.43. The van der Waals surface area contributed by atoms with Crippen LogP contribution in [-0.2, 0) is 0 Å². The second-order valence-corrected chi connectivity index (χ2v) is 4.06. The maximum atomic E-state index is 4.32. The van der Waals surface area contributed by atoms with Gasteiger partial charge in [0.1, 0.15) is 17.4 Å². The lowest BCUT2D eigenvalue weighted by molar-refractivity contribution is 0.478. The van der Waals surface area contributed by atoms with Crippen molar-refractivity contribution in [1.82, 2.24) is 19.7 Å². The third kappa shape index (κ3) is 1.11. The molecule has 1 unspecified atom stereocenters. The molecule has 0 aromatic carbocycles. The highest BCUT2D eigenvalue weighted by Gasteiger charge is 2.23. The molecule has 0 spiro atoms. The molecule has 5 nitrogen and oxygen atoms in total. The molecule has 6 heteroatoms. The zero-order chi connectivity index (χ0) is 9.38. The summed E-state index contributed by atoms with van der Waals surface area (Å²) >= 11 is 1.67.